The van der Waals surface area contributed by atoms with Gasteiger partial charge in [0.1, 0.15) is 11.6 Å². The molecule has 2 heterocycles. The molecule has 21 heavy (non-hydrogen) atoms. The van der Waals surface area contributed by atoms with Gasteiger partial charge in [-0.2, -0.15) is 0 Å². The summed E-state index contributed by atoms with van der Waals surface area (Å²) in [4.78, 5) is 21.1. The molecule has 106 valence electrons. The van der Waals surface area contributed by atoms with E-state index in [0.717, 1.165) is 0 Å². The first-order valence-electron chi connectivity index (χ1n) is 6.33. The zero-order valence-corrected chi connectivity index (χ0v) is 11.6. The highest BCUT2D eigenvalue weighted by Gasteiger charge is 2.11. The van der Waals surface area contributed by atoms with Crippen LogP contribution in [0.2, 0.25) is 0 Å². The van der Waals surface area contributed by atoms with E-state index in [9.17, 15) is 9.90 Å². The normalized spacial score (nSPS) is 10.8. The predicted octanol–water partition coefficient (Wildman–Crippen LogP) is 1.80. The third-order valence-corrected chi connectivity index (χ3v) is 3.21. The van der Waals surface area contributed by atoms with Crippen molar-refractivity contribution in [1.29, 1.82) is 0 Å². The minimum Gasteiger partial charge on any atom is -0.508 e. The van der Waals surface area contributed by atoms with Crippen molar-refractivity contribution in [3.05, 3.63) is 52.7 Å². The lowest BCUT2D eigenvalue weighted by molar-refractivity contribution is 0.398. The number of phenolic OH excluding ortho intramolecular Hbond substituents is 1. The summed E-state index contributed by atoms with van der Waals surface area (Å²) in [5, 5.41) is 9.79. The Morgan fingerprint density at radius 1 is 1.24 bits per heavy atom. The van der Waals surface area contributed by atoms with Gasteiger partial charge in [0.05, 0.1) is 29.9 Å². The number of aromatic nitrogens is 3. The van der Waals surface area contributed by atoms with Gasteiger partial charge in [-0.05, 0) is 31.2 Å². The fourth-order valence-corrected chi connectivity index (χ4v) is 2.20. The molecule has 0 aliphatic carbocycles. The second-order valence-electron chi connectivity index (χ2n) is 4.56. The van der Waals surface area contributed by atoms with E-state index in [1.165, 1.54) is 30.0 Å². The summed E-state index contributed by atoms with van der Waals surface area (Å²) in [6.07, 6.45) is 1.52. The van der Waals surface area contributed by atoms with E-state index in [1.807, 2.05) is 0 Å². The highest BCUT2D eigenvalue weighted by Crippen LogP contribution is 2.17. The molecule has 0 atom stereocenters. The van der Waals surface area contributed by atoms with Crippen molar-refractivity contribution in [2.45, 2.75) is 6.92 Å². The van der Waals surface area contributed by atoms with Crippen LogP contribution in [0.3, 0.4) is 0 Å². The van der Waals surface area contributed by atoms with E-state index in [4.69, 9.17) is 4.74 Å². The number of hydrogen-bond acceptors (Lipinski definition) is 5. The number of phenols is 1. The summed E-state index contributed by atoms with van der Waals surface area (Å²) in [5.74, 6) is 1.05. The molecule has 0 aliphatic rings. The smallest absolute Gasteiger partial charge is 0.266 e. The Kier molecular flexibility index (Phi) is 3.06. The average molecular weight is 283 g/mol. The molecule has 0 aliphatic heterocycles. The highest BCUT2D eigenvalue weighted by molar-refractivity contribution is 5.78. The zero-order valence-electron chi connectivity index (χ0n) is 11.6. The van der Waals surface area contributed by atoms with Gasteiger partial charge in [0, 0.05) is 6.07 Å². The summed E-state index contributed by atoms with van der Waals surface area (Å²) in [7, 11) is 1.49. The van der Waals surface area contributed by atoms with Crippen molar-refractivity contribution in [1.82, 2.24) is 14.5 Å². The first-order chi connectivity index (χ1) is 10.1. The third kappa shape index (κ3) is 2.20. The van der Waals surface area contributed by atoms with Gasteiger partial charge in [-0.25, -0.2) is 9.97 Å². The highest BCUT2D eigenvalue weighted by atomic mass is 16.5. The van der Waals surface area contributed by atoms with Gasteiger partial charge < -0.3 is 9.84 Å². The van der Waals surface area contributed by atoms with Gasteiger partial charge in [-0.15, -0.1) is 0 Å². The lowest BCUT2D eigenvalue weighted by atomic mass is 10.2. The maximum Gasteiger partial charge on any atom is 0.266 e. The van der Waals surface area contributed by atoms with Crippen LogP contribution < -0.4 is 10.3 Å². The molecule has 0 amide bonds. The van der Waals surface area contributed by atoms with Crippen LogP contribution in [-0.4, -0.2) is 26.8 Å². The molecule has 2 aromatic heterocycles. The molecule has 6 heteroatoms. The third-order valence-electron chi connectivity index (χ3n) is 3.21. The summed E-state index contributed by atoms with van der Waals surface area (Å²) in [6.45, 7) is 1.75. The van der Waals surface area contributed by atoms with E-state index in [2.05, 4.69) is 9.97 Å². The number of ether oxygens (including phenoxy) is 1. The first-order valence-corrected chi connectivity index (χ1v) is 6.33. The van der Waals surface area contributed by atoms with Gasteiger partial charge >= 0.3 is 0 Å². The second-order valence-corrected chi connectivity index (χ2v) is 4.56. The Morgan fingerprint density at radius 2 is 1.95 bits per heavy atom. The Hall–Kier alpha value is -2.89. The van der Waals surface area contributed by atoms with Crippen molar-refractivity contribution < 1.29 is 9.84 Å². The van der Waals surface area contributed by atoms with Crippen LogP contribution in [0.25, 0.3) is 16.6 Å². The molecule has 3 rings (SSSR count). The Morgan fingerprint density at radius 3 is 2.62 bits per heavy atom. The van der Waals surface area contributed by atoms with Crippen LogP contribution in [-0.2, 0) is 0 Å². The van der Waals surface area contributed by atoms with Gasteiger partial charge in [-0.3, -0.25) is 9.36 Å². The van der Waals surface area contributed by atoms with E-state index < -0.39 is 0 Å². The molecular formula is C15H13N3O3. The lowest BCUT2D eigenvalue weighted by Gasteiger charge is -2.11. The van der Waals surface area contributed by atoms with Gasteiger partial charge in [0.2, 0.25) is 5.88 Å². The summed E-state index contributed by atoms with van der Waals surface area (Å²) < 4.78 is 6.54. The van der Waals surface area contributed by atoms with E-state index in [0.29, 0.717) is 28.3 Å². The van der Waals surface area contributed by atoms with Crippen LogP contribution in [0.1, 0.15) is 5.82 Å². The van der Waals surface area contributed by atoms with Crippen LogP contribution >= 0.6 is 0 Å². The zero-order chi connectivity index (χ0) is 15.0. The van der Waals surface area contributed by atoms with Crippen LogP contribution in [0.4, 0.5) is 0 Å². The van der Waals surface area contributed by atoms with Crippen molar-refractivity contribution in [3.8, 4) is 17.3 Å². The number of fused-ring (bicyclic) bond motifs is 1. The Balaban J connectivity index is 2.32. The number of methoxy groups -OCH3 is 1. The summed E-state index contributed by atoms with van der Waals surface area (Å²) in [6, 6.07) is 7.95. The van der Waals surface area contributed by atoms with Crippen molar-refractivity contribution in [2.75, 3.05) is 7.11 Å². The maximum absolute atomic E-state index is 12.7. The number of hydrogen-bond donors (Lipinski definition) is 1. The van der Waals surface area contributed by atoms with Gasteiger partial charge in [0.25, 0.3) is 5.56 Å². The van der Waals surface area contributed by atoms with Crippen LogP contribution in [0.5, 0.6) is 11.6 Å². The van der Waals surface area contributed by atoms with Crippen LogP contribution in [0, 0.1) is 6.92 Å². The van der Waals surface area contributed by atoms with Crippen molar-refractivity contribution >= 4 is 10.9 Å². The number of benzene rings is 1. The van der Waals surface area contributed by atoms with Crippen molar-refractivity contribution in [2.24, 2.45) is 0 Å². The molecule has 0 saturated heterocycles. The molecule has 0 bridgehead atoms. The molecule has 6 nitrogen and oxygen atoms in total. The number of rotatable bonds is 2. The Bertz CT molecular complexity index is 870. The largest absolute Gasteiger partial charge is 0.508 e. The fraction of sp³-hybridized carbons (Fsp3) is 0.133. The number of aryl methyl sites for hydroxylation is 1. The maximum atomic E-state index is 12.7. The number of aromatic hydroxyl groups is 1. The topological polar surface area (TPSA) is 77.2 Å². The predicted molar refractivity (Wildman–Crippen MR) is 78.1 cm³/mol. The number of pyridine rings is 1. The molecule has 1 N–H and O–H groups in total. The van der Waals surface area contributed by atoms with Gasteiger partial charge in [-0.1, -0.05) is 0 Å². The summed E-state index contributed by atoms with van der Waals surface area (Å²) in [5.41, 5.74) is 0.956. The van der Waals surface area contributed by atoms with E-state index >= 15 is 0 Å². The average Bonchev–Trinajstić information content (AvgIpc) is 2.49. The van der Waals surface area contributed by atoms with E-state index in [-0.39, 0.29) is 11.3 Å². The molecule has 0 unspecified atom stereocenters. The molecule has 0 spiro atoms. The Labute approximate surface area is 120 Å². The minimum absolute atomic E-state index is 0.143. The number of nitrogens with zero attached hydrogens (tertiary/aromatic N) is 3. The van der Waals surface area contributed by atoms with Gasteiger partial charge in [0.15, 0.2) is 0 Å². The second kappa shape index (κ2) is 4.90. The quantitative estimate of drug-likeness (QED) is 0.776. The molecule has 0 saturated carbocycles. The standard InChI is InChI=1S/C15H13N3O3/c1-9-17-13-8-16-14(21-2)7-12(13)15(20)18(9)10-3-5-11(19)6-4-10/h3-8,19H,1-2H3. The first kappa shape index (κ1) is 13.1. The molecular weight excluding hydrogens is 270 g/mol. The lowest BCUT2D eigenvalue weighted by Crippen LogP contribution is -2.22. The molecule has 0 fully saturated rings. The van der Waals surface area contributed by atoms with Crippen LogP contribution in [0.15, 0.2) is 41.3 Å². The molecule has 3 aromatic rings. The molecule has 1 aromatic carbocycles. The minimum atomic E-state index is -0.205. The van der Waals surface area contributed by atoms with Crippen molar-refractivity contribution in [3.63, 3.8) is 0 Å². The SMILES string of the molecule is COc1cc2c(=O)n(-c3ccc(O)cc3)c(C)nc2cn1. The molecule has 0 radical (unpaired) electrons. The van der Waals surface area contributed by atoms with E-state index in [1.54, 1.807) is 25.1 Å². The summed E-state index contributed by atoms with van der Waals surface area (Å²) >= 11 is 0. The fourth-order valence-electron chi connectivity index (χ4n) is 2.20. The monoisotopic (exact) mass is 283 g/mol.